The highest BCUT2D eigenvalue weighted by atomic mass is 79.9. The summed E-state index contributed by atoms with van der Waals surface area (Å²) in [6, 6.07) is 12.6. The summed E-state index contributed by atoms with van der Waals surface area (Å²) in [5.41, 5.74) is 1.25. The standard InChI is InChI=1S/C24H25BrN4O4S/c1-2-3-4-5-12-34-24-27-23(32)21-18-13-16(25)8-11-19(18)26-22(29(21)28-24)15-6-9-17(10-7-15)33-14-20(30)31/h6-11,13,22H,2-5,12,14H2,1H3,(H,30,31)(H,27,28,32). The van der Waals surface area contributed by atoms with E-state index in [1.807, 2.05) is 30.3 Å². The minimum absolute atomic E-state index is 0.216. The van der Waals surface area contributed by atoms with Crippen LogP contribution in [-0.2, 0) is 9.59 Å². The number of carbonyl (C=O) groups excluding carboxylic acids is 1. The molecule has 2 aromatic rings. The Balaban J connectivity index is 1.67. The van der Waals surface area contributed by atoms with Gasteiger partial charge in [0.15, 0.2) is 17.9 Å². The fourth-order valence-electron chi connectivity index (χ4n) is 3.71. The molecule has 0 saturated heterocycles. The van der Waals surface area contributed by atoms with E-state index >= 15 is 0 Å². The molecular formula is C24H25BrN4O4S. The van der Waals surface area contributed by atoms with Gasteiger partial charge in [0.05, 0.1) is 5.36 Å². The van der Waals surface area contributed by atoms with Crippen LogP contribution in [0.25, 0.3) is 5.70 Å². The number of ether oxygens (including phenoxy) is 1. The first-order chi connectivity index (χ1) is 16.5. The Labute approximate surface area is 209 Å². The van der Waals surface area contributed by atoms with Crippen LogP contribution in [0.1, 0.15) is 44.3 Å². The number of hydrogen-bond donors (Lipinski definition) is 2. The number of carboxylic acids is 1. The van der Waals surface area contributed by atoms with Crippen molar-refractivity contribution in [3.8, 4) is 5.75 Å². The third-order valence-corrected chi connectivity index (χ3v) is 6.79. The van der Waals surface area contributed by atoms with Crippen molar-refractivity contribution in [2.24, 2.45) is 10.1 Å². The second-order valence-corrected chi connectivity index (χ2v) is 9.88. The summed E-state index contributed by atoms with van der Waals surface area (Å²) in [6.45, 7) is 1.76. The lowest BCUT2D eigenvalue weighted by molar-refractivity contribution is -0.139. The maximum atomic E-state index is 13.2. The number of unbranched alkanes of at least 4 members (excludes halogenated alkanes) is 3. The minimum Gasteiger partial charge on any atom is -0.482 e. The first-order valence-corrected chi connectivity index (χ1v) is 12.9. The molecule has 4 rings (SSSR count). The Morgan fingerprint density at radius 2 is 2.00 bits per heavy atom. The van der Waals surface area contributed by atoms with Crippen molar-refractivity contribution in [2.45, 2.75) is 38.8 Å². The molecule has 34 heavy (non-hydrogen) atoms. The Morgan fingerprint density at radius 1 is 1.21 bits per heavy atom. The van der Waals surface area contributed by atoms with Gasteiger partial charge in [0.25, 0.3) is 5.91 Å². The van der Waals surface area contributed by atoms with Gasteiger partial charge in [-0.3, -0.25) is 15.1 Å². The van der Waals surface area contributed by atoms with E-state index in [-0.39, 0.29) is 5.91 Å². The number of benzene rings is 2. The number of hydrazone groups is 1. The highest BCUT2D eigenvalue weighted by Gasteiger charge is 2.34. The zero-order valence-corrected chi connectivity index (χ0v) is 21.1. The van der Waals surface area contributed by atoms with E-state index < -0.39 is 18.7 Å². The van der Waals surface area contributed by atoms with E-state index in [0.717, 1.165) is 28.6 Å². The van der Waals surface area contributed by atoms with Gasteiger partial charge in [0.1, 0.15) is 11.4 Å². The van der Waals surface area contributed by atoms with Crippen LogP contribution in [0, 0.1) is 0 Å². The second kappa shape index (κ2) is 11.1. The smallest absolute Gasteiger partial charge is 0.341 e. The summed E-state index contributed by atoms with van der Waals surface area (Å²) >= 11 is 5.02. The van der Waals surface area contributed by atoms with Crippen molar-refractivity contribution in [1.82, 2.24) is 10.3 Å². The lowest BCUT2D eigenvalue weighted by atomic mass is 10.1. The molecule has 0 bridgehead atoms. The van der Waals surface area contributed by atoms with Gasteiger partial charge in [-0.1, -0.05) is 66.0 Å². The molecule has 1 amide bonds. The lowest BCUT2D eigenvalue weighted by Gasteiger charge is -2.34. The van der Waals surface area contributed by atoms with Gasteiger partial charge in [0.2, 0.25) is 0 Å². The van der Waals surface area contributed by atoms with Crippen molar-refractivity contribution in [3.05, 3.63) is 63.1 Å². The average molecular weight is 545 g/mol. The summed E-state index contributed by atoms with van der Waals surface area (Å²) in [6.07, 6.45) is 4.04. The molecule has 0 radical (unpaired) electrons. The largest absolute Gasteiger partial charge is 0.482 e. The average Bonchev–Trinajstić information content (AvgIpc) is 2.82. The molecule has 0 aromatic heterocycles. The highest BCUT2D eigenvalue weighted by Crippen LogP contribution is 2.32. The van der Waals surface area contributed by atoms with Gasteiger partial charge in [-0.15, -0.1) is 5.10 Å². The summed E-state index contributed by atoms with van der Waals surface area (Å²) in [7, 11) is 0. The predicted octanol–water partition coefficient (Wildman–Crippen LogP) is 3.37. The monoisotopic (exact) mass is 544 g/mol. The van der Waals surface area contributed by atoms with Gasteiger partial charge in [-0.25, -0.2) is 9.80 Å². The van der Waals surface area contributed by atoms with Crippen molar-refractivity contribution >= 4 is 50.4 Å². The van der Waals surface area contributed by atoms with E-state index in [2.05, 4.69) is 28.2 Å². The molecule has 0 spiro atoms. The van der Waals surface area contributed by atoms with Gasteiger partial charge >= 0.3 is 5.97 Å². The number of aliphatic carboxylic acids is 1. The van der Waals surface area contributed by atoms with Crippen molar-refractivity contribution in [3.63, 3.8) is 0 Å². The molecule has 2 heterocycles. The Bertz CT molecular complexity index is 1230. The minimum atomic E-state index is -1.04. The van der Waals surface area contributed by atoms with Crippen LogP contribution in [0.15, 0.2) is 57.0 Å². The van der Waals surface area contributed by atoms with Crippen LogP contribution in [-0.4, -0.2) is 39.5 Å². The maximum Gasteiger partial charge on any atom is 0.341 e. The molecule has 1 unspecified atom stereocenters. The zero-order chi connectivity index (χ0) is 24.1. The number of rotatable bonds is 9. The first kappa shape index (κ1) is 24.3. The lowest BCUT2D eigenvalue weighted by Crippen LogP contribution is -2.50. The van der Waals surface area contributed by atoms with E-state index in [0.29, 0.717) is 27.2 Å². The molecule has 0 saturated carbocycles. The molecular weight excluding hydrogens is 520 g/mol. The fraction of sp³-hybridized carbons (Fsp3) is 0.333. The number of nitrogens with one attached hydrogen (secondary N) is 1. The van der Waals surface area contributed by atoms with E-state index in [4.69, 9.17) is 19.9 Å². The number of amides is 1. The van der Waals surface area contributed by atoms with E-state index in [9.17, 15) is 9.59 Å². The van der Waals surface area contributed by atoms with Crippen LogP contribution >= 0.6 is 27.7 Å². The number of halogens is 1. The number of amidine groups is 1. The summed E-state index contributed by atoms with van der Waals surface area (Å²) < 4.78 is 6.09. The number of fused-ring (bicyclic) bond motifs is 2. The third-order valence-electron chi connectivity index (χ3n) is 5.35. The molecule has 178 valence electrons. The van der Waals surface area contributed by atoms with Crippen molar-refractivity contribution in [1.29, 1.82) is 0 Å². The first-order valence-electron chi connectivity index (χ1n) is 11.1. The predicted molar refractivity (Wildman–Crippen MR) is 135 cm³/mol. The normalized spacial score (nSPS) is 16.7. The molecule has 0 aliphatic carbocycles. The summed E-state index contributed by atoms with van der Waals surface area (Å²) in [4.78, 5) is 28.9. The topological polar surface area (TPSA) is 104 Å². The molecule has 2 aromatic carbocycles. The quantitative estimate of drug-likeness (QED) is 0.469. The molecule has 8 nitrogen and oxygen atoms in total. The summed E-state index contributed by atoms with van der Waals surface area (Å²) in [5, 5.41) is 20.2. The number of nitrogens with zero attached hydrogens (tertiary/aromatic N) is 3. The van der Waals surface area contributed by atoms with Crippen LogP contribution in [0.5, 0.6) is 5.75 Å². The number of carbonyl (C=O) groups is 2. The Morgan fingerprint density at radius 3 is 2.74 bits per heavy atom. The molecule has 2 aliphatic heterocycles. The van der Waals surface area contributed by atoms with E-state index in [1.54, 1.807) is 17.1 Å². The van der Waals surface area contributed by atoms with Crippen LogP contribution in [0.3, 0.4) is 0 Å². The highest BCUT2D eigenvalue weighted by molar-refractivity contribution is 9.10. The zero-order valence-electron chi connectivity index (χ0n) is 18.7. The van der Waals surface area contributed by atoms with Gasteiger partial charge in [-0.2, -0.15) is 0 Å². The number of carboxylic acid groups (broad SMARTS) is 1. The Kier molecular flexibility index (Phi) is 7.89. The SMILES string of the molecule is CCCCCCSC1=NN2C(=c3cc(Br)ccc3=NC2c2ccc(OCC(=O)O)cc2)C(=O)N1. The van der Waals surface area contributed by atoms with Crippen molar-refractivity contribution < 1.29 is 19.4 Å². The summed E-state index contributed by atoms with van der Waals surface area (Å²) in [5.74, 6) is 0.0640. The Hall–Kier alpha value is -2.85. The second-order valence-electron chi connectivity index (χ2n) is 7.88. The van der Waals surface area contributed by atoms with Crippen LogP contribution < -0.4 is 20.6 Å². The van der Waals surface area contributed by atoms with E-state index in [1.165, 1.54) is 24.6 Å². The number of thioether (sulfide) groups is 1. The fourth-order valence-corrected chi connectivity index (χ4v) is 4.93. The maximum absolute atomic E-state index is 13.2. The van der Waals surface area contributed by atoms with Gasteiger partial charge < -0.3 is 9.84 Å². The molecule has 2 N–H and O–H groups in total. The van der Waals surface area contributed by atoms with Crippen LogP contribution in [0.4, 0.5) is 0 Å². The molecule has 0 fully saturated rings. The molecule has 1 atom stereocenters. The number of hydrogen-bond acceptors (Lipinski definition) is 7. The molecule has 10 heteroatoms. The third kappa shape index (κ3) is 5.61. The molecule has 2 aliphatic rings. The van der Waals surface area contributed by atoms with Crippen LogP contribution in [0.2, 0.25) is 0 Å². The van der Waals surface area contributed by atoms with Crippen molar-refractivity contribution in [2.75, 3.05) is 12.4 Å². The van der Waals surface area contributed by atoms with Gasteiger partial charge in [0, 0.05) is 15.4 Å². The van der Waals surface area contributed by atoms with Gasteiger partial charge in [-0.05, 0) is 42.3 Å².